The highest BCUT2D eigenvalue weighted by Gasteiger charge is 2.15. The zero-order chi connectivity index (χ0) is 20.7. The van der Waals surface area contributed by atoms with Crippen LogP contribution in [0.2, 0.25) is 0 Å². The first-order valence-electron chi connectivity index (χ1n) is 9.40. The van der Waals surface area contributed by atoms with Crippen LogP contribution in [0.1, 0.15) is 37.9 Å². The molecule has 1 aromatic heterocycles. The minimum Gasteiger partial charge on any atom is -0.508 e. The topological polar surface area (TPSA) is 94.8 Å². The molecule has 2 rings (SSSR count). The number of anilines is 1. The van der Waals surface area contributed by atoms with Gasteiger partial charge in [-0.05, 0) is 37.1 Å². The van der Waals surface area contributed by atoms with Crippen molar-refractivity contribution in [1.29, 1.82) is 0 Å². The molecule has 0 aliphatic heterocycles. The molecule has 0 radical (unpaired) electrons. The number of benzene rings is 1. The Morgan fingerprint density at radius 2 is 1.97 bits per heavy atom. The molecule has 0 saturated heterocycles. The number of aromatic hydroxyl groups is 1. The van der Waals surface area contributed by atoms with Crippen LogP contribution >= 0.6 is 24.0 Å². The highest BCUT2D eigenvalue weighted by Crippen LogP contribution is 2.18. The number of carbonyl (C=O) groups excluding carboxylic acids is 1. The SMILES string of the molecule is CCNC(=NCC(=O)Nc1ccc(O)cc1)N(C)Cc1cn(C)nc1C(C)C.I. The highest BCUT2D eigenvalue weighted by atomic mass is 127. The van der Waals surface area contributed by atoms with E-state index in [9.17, 15) is 9.90 Å². The number of amides is 1. The second-order valence-electron chi connectivity index (χ2n) is 6.99. The van der Waals surface area contributed by atoms with Gasteiger partial charge in [-0.1, -0.05) is 13.8 Å². The van der Waals surface area contributed by atoms with E-state index in [-0.39, 0.29) is 42.2 Å². The summed E-state index contributed by atoms with van der Waals surface area (Å²) in [5, 5.41) is 19.8. The van der Waals surface area contributed by atoms with Gasteiger partial charge in [0, 0.05) is 44.6 Å². The zero-order valence-corrected chi connectivity index (χ0v) is 20.0. The number of hydrogen-bond acceptors (Lipinski definition) is 4. The molecule has 9 heteroatoms. The molecular weight excluding hydrogens is 483 g/mol. The minimum atomic E-state index is -0.223. The largest absolute Gasteiger partial charge is 0.508 e. The lowest BCUT2D eigenvalue weighted by atomic mass is 10.1. The second kappa shape index (κ2) is 11.6. The first-order chi connectivity index (χ1) is 13.3. The van der Waals surface area contributed by atoms with Crippen LogP contribution in [0, 0.1) is 0 Å². The molecule has 0 spiro atoms. The molecule has 160 valence electrons. The van der Waals surface area contributed by atoms with Gasteiger partial charge < -0.3 is 20.6 Å². The van der Waals surface area contributed by atoms with Crippen LogP contribution in [-0.4, -0.2) is 51.8 Å². The fourth-order valence-electron chi connectivity index (χ4n) is 2.85. The summed E-state index contributed by atoms with van der Waals surface area (Å²) in [4.78, 5) is 18.6. The molecule has 2 aromatic rings. The lowest BCUT2D eigenvalue weighted by Crippen LogP contribution is -2.39. The standard InChI is InChI=1S/C20H30N6O2.HI/c1-6-21-20(22-11-18(28)23-16-7-9-17(27)10-8-16)25(4)12-15-13-26(5)24-19(15)14(2)3;/h7-10,13-14,27H,6,11-12H2,1-5H3,(H,21,22)(H,23,28);1H. The summed E-state index contributed by atoms with van der Waals surface area (Å²) >= 11 is 0. The maximum atomic E-state index is 12.2. The maximum absolute atomic E-state index is 12.2. The van der Waals surface area contributed by atoms with Gasteiger partial charge in [-0.15, -0.1) is 24.0 Å². The number of rotatable bonds is 7. The molecular formula is C20H31IN6O2. The van der Waals surface area contributed by atoms with Crippen molar-refractivity contribution in [2.24, 2.45) is 12.0 Å². The summed E-state index contributed by atoms with van der Waals surface area (Å²) in [6.45, 7) is 7.58. The Morgan fingerprint density at radius 1 is 1.31 bits per heavy atom. The zero-order valence-electron chi connectivity index (χ0n) is 17.6. The van der Waals surface area contributed by atoms with E-state index in [2.05, 4.69) is 34.6 Å². The van der Waals surface area contributed by atoms with Crippen molar-refractivity contribution in [3.05, 3.63) is 41.7 Å². The van der Waals surface area contributed by atoms with Gasteiger partial charge in [-0.2, -0.15) is 5.10 Å². The van der Waals surface area contributed by atoms with Gasteiger partial charge in [0.25, 0.3) is 0 Å². The van der Waals surface area contributed by atoms with Crippen LogP contribution < -0.4 is 10.6 Å². The van der Waals surface area contributed by atoms with Crippen LogP contribution in [0.5, 0.6) is 5.75 Å². The lowest BCUT2D eigenvalue weighted by Gasteiger charge is -2.22. The second-order valence-corrected chi connectivity index (χ2v) is 6.99. The Labute approximate surface area is 189 Å². The van der Waals surface area contributed by atoms with Gasteiger partial charge in [0.1, 0.15) is 12.3 Å². The smallest absolute Gasteiger partial charge is 0.246 e. The molecule has 8 nitrogen and oxygen atoms in total. The number of phenols is 1. The van der Waals surface area contributed by atoms with Crippen molar-refractivity contribution < 1.29 is 9.90 Å². The molecule has 29 heavy (non-hydrogen) atoms. The predicted octanol–water partition coefficient (Wildman–Crippen LogP) is 2.90. The Kier molecular flexibility index (Phi) is 9.93. The summed E-state index contributed by atoms with van der Waals surface area (Å²) < 4.78 is 1.83. The van der Waals surface area contributed by atoms with Gasteiger partial charge in [-0.25, -0.2) is 4.99 Å². The van der Waals surface area contributed by atoms with Gasteiger partial charge in [-0.3, -0.25) is 9.48 Å². The number of hydrogen-bond donors (Lipinski definition) is 3. The lowest BCUT2D eigenvalue weighted by molar-refractivity contribution is -0.114. The van der Waals surface area contributed by atoms with E-state index in [0.717, 1.165) is 11.3 Å². The third-order valence-electron chi connectivity index (χ3n) is 4.11. The van der Waals surface area contributed by atoms with Crippen molar-refractivity contribution >= 4 is 41.5 Å². The van der Waals surface area contributed by atoms with Crippen LogP contribution in [-0.2, 0) is 18.4 Å². The molecule has 0 saturated carbocycles. The molecule has 1 heterocycles. The maximum Gasteiger partial charge on any atom is 0.246 e. The van der Waals surface area contributed by atoms with Gasteiger partial charge in [0.05, 0.1) is 5.69 Å². The molecule has 1 aromatic carbocycles. The van der Waals surface area contributed by atoms with Crippen LogP contribution in [0.3, 0.4) is 0 Å². The molecule has 3 N–H and O–H groups in total. The van der Waals surface area contributed by atoms with Crippen LogP contribution in [0.25, 0.3) is 0 Å². The van der Waals surface area contributed by atoms with Crippen molar-refractivity contribution in [1.82, 2.24) is 20.0 Å². The van der Waals surface area contributed by atoms with Crippen molar-refractivity contribution in [2.75, 3.05) is 25.5 Å². The van der Waals surface area contributed by atoms with E-state index in [0.29, 0.717) is 30.7 Å². The molecule has 0 aliphatic carbocycles. The summed E-state index contributed by atoms with van der Waals surface area (Å²) in [6.07, 6.45) is 2.02. The molecule has 0 unspecified atom stereocenters. The van der Waals surface area contributed by atoms with Crippen molar-refractivity contribution in [3.8, 4) is 5.75 Å². The monoisotopic (exact) mass is 514 g/mol. The fraction of sp³-hybridized carbons (Fsp3) is 0.450. The van der Waals surface area contributed by atoms with E-state index >= 15 is 0 Å². The van der Waals surface area contributed by atoms with Crippen LogP contribution in [0.4, 0.5) is 5.69 Å². The molecule has 1 amide bonds. The van der Waals surface area contributed by atoms with E-state index < -0.39 is 0 Å². The number of nitrogens with one attached hydrogen (secondary N) is 2. The van der Waals surface area contributed by atoms with Gasteiger partial charge in [0.15, 0.2) is 5.96 Å². The summed E-state index contributed by atoms with van der Waals surface area (Å²) in [5.41, 5.74) is 2.82. The number of carbonyl (C=O) groups is 1. The van der Waals surface area contributed by atoms with Crippen molar-refractivity contribution in [3.63, 3.8) is 0 Å². The Balaban J connectivity index is 0.00000420. The number of halogens is 1. The van der Waals surface area contributed by atoms with Crippen molar-refractivity contribution in [2.45, 2.75) is 33.2 Å². The first-order valence-corrected chi connectivity index (χ1v) is 9.40. The Hall–Kier alpha value is -2.30. The van der Waals surface area contributed by atoms with E-state index in [1.807, 2.05) is 36.8 Å². The summed E-state index contributed by atoms with van der Waals surface area (Å²) in [7, 11) is 3.86. The van der Waals surface area contributed by atoms with E-state index in [1.54, 1.807) is 12.1 Å². The van der Waals surface area contributed by atoms with Gasteiger partial charge >= 0.3 is 0 Å². The first kappa shape index (κ1) is 24.7. The van der Waals surface area contributed by atoms with E-state index in [4.69, 9.17) is 0 Å². The molecule has 0 atom stereocenters. The normalized spacial score (nSPS) is 11.2. The fourth-order valence-corrected chi connectivity index (χ4v) is 2.85. The Bertz CT molecular complexity index is 817. The number of aryl methyl sites for hydroxylation is 1. The molecule has 0 bridgehead atoms. The highest BCUT2D eigenvalue weighted by molar-refractivity contribution is 14.0. The summed E-state index contributed by atoms with van der Waals surface area (Å²) in [5.74, 6) is 0.920. The molecule has 0 fully saturated rings. The average Bonchev–Trinajstić information content (AvgIpc) is 3.01. The number of aliphatic imine (C=N–C) groups is 1. The third-order valence-corrected chi connectivity index (χ3v) is 4.11. The average molecular weight is 514 g/mol. The third kappa shape index (κ3) is 7.56. The predicted molar refractivity (Wildman–Crippen MR) is 127 cm³/mol. The number of nitrogens with zero attached hydrogens (tertiary/aromatic N) is 4. The quantitative estimate of drug-likeness (QED) is 0.229. The minimum absolute atomic E-state index is 0. The van der Waals surface area contributed by atoms with Crippen LogP contribution in [0.15, 0.2) is 35.5 Å². The number of phenolic OH excluding ortho intramolecular Hbond substituents is 1. The number of aromatic nitrogens is 2. The molecule has 0 aliphatic rings. The van der Waals surface area contributed by atoms with E-state index in [1.165, 1.54) is 12.1 Å². The summed E-state index contributed by atoms with van der Waals surface area (Å²) in [6, 6.07) is 6.34. The Morgan fingerprint density at radius 3 is 2.55 bits per heavy atom. The number of guanidine groups is 1. The van der Waals surface area contributed by atoms with Gasteiger partial charge in [0.2, 0.25) is 5.91 Å².